The Morgan fingerprint density at radius 2 is 1.87 bits per heavy atom. The molecule has 0 aliphatic heterocycles. The third kappa shape index (κ3) is 3.36. The van der Waals surface area contributed by atoms with Gasteiger partial charge in [-0.2, -0.15) is 0 Å². The van der Waals surface area contributed by atoms with Gasteiger partial charge in [0.25, 0.3) is 0 Å². The van der Waals surface area contributed by atoms with Crippen LogP contribution in [0.1, 0.15) is 24.0 Å². The lowest BCUT2D eigenvalue weighted by molar-refractivity contribution is -0.136. The van der Waals surface area contributed by atoms with E-state index >= 15 is 0 Å². The smallest absolute Gasteiger partial charge is 0.307 e. The van der Waals surface area contributed by atoms with E-state index in [1.165, 1.54) is 18.4 Å². The van der Waals surface area contributed by atoms with Crippen LogP contribution in [-0.4, -0.2) is 17.1 Å². The molecule has 0 unspecified atom stereocenters. The van der Waals surface area contributed by atoms with Crippen LogP contribution in [0.3, 0.4) is 0 Å². The quantitative estimate of drug-likeness (QED) is 0.767. The van der Waals surface area contributed by atoms with E-state index in [9.17, 15) is 4.79 Å². The lowest BCUT2D eigenvalue weighted by atomic mass is 10.1. The van der Waals surface area contributed by atoms with Gasteiger partial charge in [0.1, 0.15) is 0 Å². The third-order valence-corrected chi connectivity index (χ3v) is 2.55. The van der Waals surface area contributed by atoms with Gasteiger partial charge in [0.05, 0.1) is 6.42 Å². The fourth-order valence-corrected chi connectivity index (χ4v) is 1.50. The molecule has 1 saturated carbocycles. The van der Waals surface area contributed by atoms with Crippen LogP contribution in [0.5, 0.6) is 0 Å². The van der Waals surface area contributed by atoms with Crippen molar-refractivity contribution in [3.8, 4) is 0 Å². The minimum Gasteiger partial charge on any atom is -0.481 e. The second-order valence-corrected chi connectivity index (χ2v) is 4.04. The van der Waals surface area contributed by atoms with E-state index in [2.05, 4.69) is 5.32 Å². The summed E-state index contributed by atoms with van der Waals surface area (Å²) in [4.78, 5) is 10.5. The molecular formula is C12H15NO2. The van der Waals surface area contributed by atoms with Crippen molar-refractivity contribution in [2.75, 3.05) is 0 Å². The van der Waals surface area contributed by atoms with E-state index < -0.39 is 5.97 Å². The second-order valence-electron chi connectivity index (χ2n) is 4.04. The van der Waals surface area contributed by atoms with Crippen LogP contribution in [0.25, 0.3) is 0 Å². The summed E-state index contributed by atoms with van der Waals surface area (Å²) in [5.41, 5.74) is 2.08. The Bertz CT molecular complexity index is 341. The van der Waals surface area contributed by atoms with Crippen LogP contribution in [0.4, 0.5) is 0 Å². The van der Waals surface area contributed by atoms with E-state index in [4.69, 9.17) is 5.11 Å². The maximum Gasteiger partial charge on any atom is 0.307 e. The average molecular weight is 205 g/mol. The van der Waals surface area contributed by atoms with Crippen LogP contribution in [-0.2, 0) is 17.8 Å². The fourth-order valence-electron chi connectivity index (χ4n) is 1.50. The largest absolute Gasteiger partial charge is 0.481 e. The number of rotatable bonds is 5. The summed E-state index contributed by atoms with van der Waals surface area (Å²) in [5.74, 6) is -0.779. The highest BCUT2D eigenvalue weighted by Crippen LogP contribution is 2.19. The van der Waals surface area contributed by atoms with E-state index in [1.54, 1.807) is 0 Å². The van der Waals surface area contributed by atoms with Gasteiger partial charge in [-0.1, -0.05) is 24.3 Å². The van der Waals surface area contributed by atoms with Crippen LogP contribution in [0.15, 0.2) is 24.3 Å². The van der Waals surface area contributed by atoms with Crippen molar-refractivity contribution in [3.05, 3.63) is 35.4 Å². The van der Waals surface area contributed by atoms with Crippen LogP contribution < -0.4 is 5.32 Å². The first-order valence-corrected chi connectivity index (χ1v) is 5.27. The molecule has 0 aromatic heterocycles. The fraction of sp³-hybridized carbons (Fsp3) is 0.417. The van der Waals surface area contributed by atoms with Gasteiger partial charge in [0, 0.05) is 12.6 Å². The molecule has 80 valence electrons. The Morgan fingerprint density at radius 3 is 2.40 bits per heavy atom. The number of aliphatic carboxylic acids is 1. The Hall–Kier alpha value is -1.35. The molecule has 0 bridgehead atoms. The molecule has 15 heavy (non-hydrogen) atoms. The normalized spacial score (nSPS) is 15.2. The molecule has 0 spiro atoms. The highest BCUT2D eigenvalue weighted by Gasteiger charge is 2.19. The third-order valence-electron chi connectivity index (χ3n) is 2.55. The van der Waals surface area contributed by atoms with Gasteiger partial charge >= 0.3 is 5.97 Å². The molecule has 1 fully saturated rings. The molecule has 0 saturated heterocycles. The molecule has 3 heteroatoms. The zero-order valence-electron chi connectivity index (χ0n) is 8.57. The second kappa shape index (κ2) is 4.45. The number of carboxylic acids is 1. The highest BCUT2D eigenvalue weighted by atomic mass is 16.4. The molecule has 3 nitrogen and oxygen atoms in total. The van der Waals surface area contributed by atoms with Gasteiger partial charge in [0.2, 0.25) is 0 Å². The predicted molar refractivity (Wildman–Crippen MR) is 57.6 cm³/mol. The minimum atomic E-state index is -0.779. The first kappa shape index (κ1) is 10.2. The lowest BCUT2D eigenvalue weighted by Gasteiger charge is -2.03. The van der Waals surface area contributed by atoms with Crippen molar-refractivity contribution in [1.29, 1.82) is 0 Å². The van der Waals surface area contributed by atoms with Crippen molar-refractivity contribution in [2.24, 2.45) is 0 Å². The van der Waals surface area contributed by atoms with Crippen molar-refractivity contribution < 1.29 is 9.90 Å². The van der Waals surface area contributed by atoms with Gasteiger partial charge in [-0.15, -0.1) is 0 Å². The zero-order chi connectivity index (χ0) is 10.7. The van der Waals surface area contributed by atoms with Crippen LogP contribution >= 0.6 is 0 Å². The highest BCUT2D eigenvalue weighted by molar-refractivity contribution is 5.70. The Kier molecular flexibility index (Phi) is 3.02. The van der Waals surface area contributed by atoms with Gasteiger partial charge < -0.3 is 10.4 Å². The monoisotopic (exact) mass is 205 g/mol. The summed E-state index contributed by atoms with van der Waals surface area (Å²) in [7, 11) is 0. The molecule has 2 rings (SSSR count). The number of benzene rings is 1. The molecular weight excluding hydrogens is 190 g/mol. The number of carbonyl (C=O) groups is 1. The van der Waals surface area contributed by atoms with Gasteiger partial charge in [0.15, 0.2) is 0 Å². The van der Waals surface area contributed by atoms with Crippen molar-refractivity contribution in [3.63, 3.8) is 0 Å². The Balaban J connectivity index is 1.87. The van der Waals surface area contributed by atoms with Crippen molar-refractivity contribution in [1.82, 2.24) is 5.32 Å². The molecule has 1 aliphatic carbocycles. The first-order chi connectivity index (χ1) is 7.24. The summed E-state index contributed by atoms with van der Waals surface area (Å²) in [5, 5.41) is 12.0. The lowest BCUT2D eigenvalue weighted by Crippen LogP contribution is -2.15. The summed E-state index contributed by atoms with van der Waals surface area (Å²) in [6.45, 7) is 0.887. The molecule has 1 aromatic rings. The van der Waals surface area contributed by atoms with E-state index in [1.807, 2.05) is 24.3 Å². The SMILES string of the molecule is O=C(O)Cc1ccc(CNC2CC2)cc1. The summed E-state index contributed by atoms with van der Waals surface area (Å²) >= 11 is 0. The van der Waals surface area contributed by atoms with Crippen LogP contribution in [0, 0.1) is 0 Å². The Labute approximate surface area is 89.1 Å². The molecule has 0 heterocycles. The predicted octanol–water partition coefficient (Wildman–Crippen LogP) is 1.57. The number of carboxylic acid groups (broad SMARTS) is 1. The van der Waals surface area contributed by atoms with E-state index in [0.717, 1.165) is 12.1 Å². The maximum absolute atomic E-state index is 10.5. The topological polar surface area (TPSA) is 49.3 Å². The van der Waals surface area contributed by atoms with E-state index in [-0.39, 0.29) is 6.42 Å². The molecule has 0 amide bonds. The van der Waals surface area contributed by atoms with E-state index in [0.29, 0.717) is 6.04 Å². The van der Waals surface area contributed by atoms with Crippen molar-refractivity contribution >= 4 is 5.97 Å². The first-order valence-electron chi connectivity index (χ1n) is 5.27. The maximum atomic E-state index is 10.5. The summed E-state index contributed by atoms with van der Waals surface area (Å²) in [6, 6.07) is 8.47. The van der Waals surface area contributed by atoms with Crippen LogP contribution in [0.2, 0.25) is 0 Å². The molecule has 0 atom stereocenters. The van der Waals surface area contributed by atoms with Gasteiger partial charge in [-0.3, -0.25) is 4.79 Å². The Morgan fingerprint density at radius 1 is 1.27 bits per heavy atom. The standard InChI is InChI=1S/C12H15NO2/c14-12(15)7-9-1-3-10(4-2-9)8-13-11-5-6-11/h1-4,11,13H,5-8H2,(H,14,15). The average Bonchev–Trinajstić information content (AvgIpc) is 2.99. The minimum absolute atomic E-state index is 0.107. The molecule has 1 aromatic carbocycles. The number of nitrogens with one attached hydrogen (secondary N) is 1. The molecule has 0 radical (unpaired) electrons. The van der Waals surface area contributed by atoms with Gasteiger partial charge in [-0.25, -0.2) is 0 Å². The summed E-state index contributed by atoms with van der Waals surface area (Å²) < 4.78 is 0. The zero-order valence-corrected chi connectivity index (χ0v) is 8.57. The van der Waals surface area contributed by atoms with Crippen molar-refractivity contribution in [2.45, 2.75) is 31.8 Å². The molecule has 1 aliphatic rings. The molecule has 2 N–H and O–H groups in total. The number of hydrogen-bond donors (Lipinski definition) is 2. The summed E-state index contributed by atoms with van der Waals surface area (Å²) in [6.07, 6.45) is 2.69. The van der Waals surface area contributed by atoms with Gasteiger partial charge in [-0.05, 0) is 24.0 Å². The number of hydrogen-bond acceptors (Lipinski definition) is 2.